The fourth-order valence-electron chi connectivity index (χ4n) is 1.91. The highest BCUT2D eigenvalue weighted by atomic mass is 15.1. The van der Waals surface area contributed by atoms with Gasteiger partial charge < -0.3 is 4.57 Å². The molecule has 74 valence electrons. The van der Waals surface area contributed by atoms with Gasteiger partial charge in [-0.15, -0.1) is 0 Å². The molecule has 1 saturated carbocycles. The van der Waals surface area contributed by atoms with Crippen LogP contribution >= 0.6 is 0 Å². The molecule has 4 nitrogen and oxygen atoms in total. The molecule has 1 aliphatic rings. The molecule has 15 heavy (non-hydrogen) atoms. The molecule has 0 aliphatic heterocycles. The van der Waals surface area contributed by atoms with E-state index in [1.54, 1.807) is 6.20 Å². The van der Waals surface area contributed by atoms with Gasteiger partial charge in [0.15, 0.2) is 5.65 Å². The molecule has 3 rings (SSSR count). The van der Waals surface area contributed by atoms with Crippen molar-refractivity contribution in [3.8, 4) is 6.07 Å². The summed E-state index contributed by atoms with van der Waals surface area (Å²) in [6.45, 7) is 0. The zero-order chi connectivity index (χ0) is 10.3. The maximum atomic E-state index is 8.75. The SMILES string of the molecule is N#CCc1nc2ncccc2n1C1CC1. The number of aromatic nitrogens is 3. The summed E-state index contributed by atoms with van der Waals surface area (Å²) in [7, 11) is 0. The Morgan fingerprint density at radius 1 is 1.53 bits per heavy atom. The van der Waals surface area contributed by atoms with E-state index < -0.39 is 0 Å². The highest BCUT2D eigenvalue weighted by molar-refractivity contribution is 5.71. The molecule has 4 heteroatoms. The summed E-state index contributed by atoms with van der Waals surface area (Å²) in [6, 6.07) is 6.64. The van der Waals surface area contributed by atoms with E-state index in [1.165, 1.54) is 12.8 Å². The third kappa shape index (κ3) is 1.28. The first-order valence-corrected chi connectivity index (χ1v) is 5.09. The smallest absolute Gasteiger partial charge is 0.177 e. The maximum absolute atomic E-state index is 8.75. The standard InChI is InChI=1S/C11H10N4/c12-6-5-10-14-11-9(2-1-7-13-11)15(10)8-3-4-8/h1-2,7-8H,3-5H2. The van der Waals surface area contributed by atoms with Crippen LogP contribution in [0.4, 0.5) is 0 Å². The van der Waals surface area contributed by atoms with Crippen LogP contribution in [0.2, 0.25) is 0 Å². The Bertz CT molecular complexity index is 545. The second kappa shape index (κ2) is 3.06. The van der Waals surface area contributed by atoms with Gasteiger partial charge in [0.1, 0.15) is 5.82 Å². The summed E-state index contributed by atoms with van der Waals surface area (Å²) in [6.07, 6.45) is 4.49. The van der Waals surface area contributed by atoms with E-state index in [0.29, 0.717) is 12.5 Å². The van der Waals surface area contributed by atoms with Crippen molar-refractivity contribution in [2.75, 3.05) is 0 Å². The van der Waals surface area contributed by atoms with Crippen molar-refractivity contribution < 1.29 is 0 Å². The quantitative estimate of drug-likeness (QED) is 0.739. The predicted octanol–water partition coefficient (Wildman–Crippen LogP) is 1.83. The molecule has 0 unspecified atom stereocenters. The third-order valence-electron chi connectivity index (χ3n) is 2.69. The maximum Gasteiger partial charge on any atom is 0.177 e. The third-order valence-corrected chi connectivity index (χ3v) is 2.69. The summed E-state index contributed by atoms with van der Waals surface area (Å²) in [4.78, 5) is 8.61. The first-order chi connectivity index (χ1) is 7.40. The number of pyridine rings is 1. The summed E-state index contributed by atoms with van der Waals surface area (Å²) < 4.78 is 2.17. The van der Waals surface area contributed by atoms with Gasteiger partial charge in [0, 0.05) is 12.2 Å². The molecule has 2 aromatic rings. The molecule has 1 aliphatic carbocycles. The first kappa shape index (κ1) is 8.42. The fourth-order valence-corrected chi connectivity index (χ4v) is 1.91. The van der Waals surface area contributed by atoms with E-state index in [4.69, 9.17) is 5.26 Å². The number of imidazole rings is 1. The van der Waals surface area contributed by atoms with Crippen LogP contribution in [0, 0.1) is 11.3 Å². The summed E-state index contributed by atoms with van der Waals surface area (Å²) in [5.74, 6) is 0.855. The molecule has 2 heterocycles. The van der Waals surface area contributed by atoms with Crippen molar-refractivity contribution in [3.63, 3.8) is 0 Å². The van der Waals surface area contributed by atoms with Crippen LogP contribution in [0.15, 0.2) is 18.3 Å². The van der Waals surface area contributed by atoms with Crippen LogP contribution in [-0.2, 0) is 6.42 Å². The van der Waals surface area contributed by atoms with E-state index in [0.717, 1.165) is 17.0 Å². The number of hydrogen-bond donors (Lipinski definition) is 0. The number of rotatable bonds is 2. The Hall–Kier alpha value is -1.89. The van der Waals surface area contributed by atoms with E-state index in [2.05, 4.69) is 20.6 Å². The second-order valence-corrected chi connectivity index (χ2v) is 3.81. The van der Waals surface area contributed by atoms with Gasteiger partial charge >= 0.3 is 0 Å². The van der Waals surface area contributed by atoms with E-state index >= 15 is 0 Å². The Labute approximate surface area is 87.2 Å². The second-order valence-electron chi connectivity index (χ2n) is 3.81. The molecule has 2 aromatic heterocycles. The van der Waals surface area contributed by atoms with Crippen LogP contribution in [0.1, 0.15) is 24.7 Å². The van der Waals surface area contributed by atoms with Crippen molar-refractivity contribution in [2.24, 2.45) is 0 Å². The van der Waals surface area contributed by atoms with Crippen LogP contribution in [0.5, 0.6) is 0 Å². The van der Waals surface area contributed by atoms with Crippen LogP contribution in [0.25, 0.3) is 11.2 Å². The van der Waals surface area contributed by atoms with E-state index in [1.807, 2.05) is 12.1 Å². The highest BCUT2D eigenvalue weighted by Crippen LogP contribution is 2.38. The average Bonchev–Trinajstić information content (AvgIpc) is 3.01. The van der Waals surface area contributed by atoms with Gasteiger partial charge in [-0.25, -0.2) is 9.97 Å². The molecular weight excluding hydrogens is 188 g/mol. The van der Waals surface area contributed by atoms with Crippen LogP contribution in [-0.4, -0.2) is 14.5 Å². The van der Waals surface area contributed by atoms with Gasteiger partial charge in [0.2, 0.25) is 0 Å². The van der Waals surface area contributed by atoms with Crippen molar-refractivity contribution in [3.05, 3.63) is 24.2 Å². The van der Waals surface area contributed by atoms with Gasteiger partial charge in [-0.2, -0.15) is 5.26 Å². The lowest BCUT2D eigenvalue weighted by Crippen LogP contribution is -2.00. The Morgan fingerprint density at radius 3 is 3.13 bits per heavy atom. The molecule has 0 aromatic carbocycles. The molecule has 0 radical (unpaired) electrons. The zero-order valence-corrected chi connectivity index (χ0v) is 8.22. The van der Waals surface area contributed by atoms with Crippen molar-refractivity contribution in [1.29, 1.82) is 5.26 Å². The first-order valence-electron chi connectivity index (χ1n) is 5.09. The Balaban J connectivity index is 2.25. The Morgan fingerprint density at radius 2 is 2.40 bits per heavy atom. The minimum atomic E-state index is 0.368. The summed E-state index contributed by atoms with van der Waals surface area (Å²) in [5, 5.41) is 8.75. The largest absolute Gasteiger partial charge is 0.323 e. The fraction of sp³-hybridized carbons (Fsp3) is 0.364. The summed E-state index contributed by atoms with van der Waals surface area (Å²) in [5.41, 5.74) is 1.82. The monoisotopic (exact) mass is 198 g/mol. The predicted molar refractivity (Wildman–Crippen MR) is 55.1 cm³/mol. The topological polar surface area (TPSA) is 54.5 Å². The lowest BCUT2D eigenvalue weighted by atomic mass is 10.4. The number of nitriles is 1. The number of hydrogen-bond acceptors (Lipinski definition) is 3. The average molecular weight is 198 g/mol. The van der Waals surface area contributed by atoms with Gasteiger partial charge in [0.05, 0.1) is 18.0 Å². The number of fused-ring (bicyclic) bond motifs is 1. The lowest BCUT2D eigenvalue weighted by molar-refractivity contribution is 0.721. The molecule has 0 atom stereocenters. The van der Waals surface area contributed by atoms with Crippen LogP contribution < -0.4 is 0 Å². The van der Waals surface area contributed by atoms with E-state index in [-0.39, 0.29) is 0 Å². The molecule has 1 fully saturated rings. The van der Waals surface area contributed by atoms with Crippen molar-refractivity contribution >= 4 is 11.2 Å². The summed E-state index contributed by atoms with van der Waals surface area (Å²) >= 11 is 0. The number of nitrogens with zero attached hydrogens (tertiary/aromatic N) is 4. The van der Waals surface area contributed by atoms with Crippen molar-refractivity contribution in [1.82, 2.24) is 14.5 Å². The Kier molecular flexibility index (Phi) is 1.72. The van der Waals surface area contributed by atoms with Gasteiger partial charge in [-0.3, -0.25) is 0 Å². The van der Waals surface area contributed by atoms with Gasteiger partial charge in [-0.05, 0) is 25.0 Å². The normalized spacial score (nSPS) is 15.4. The molecule has 0 N–H and O–H groups in total. The zero-order valence-electron chi connectivity index (χ0n) is 8.22. The molecule has 0 amide bonds. The minimum absolute atomic E-state index is 0.368. The van der Waals surface area contributed by atoms with E-state index in [9.17, 15) is 0 Å². The lowest BCUT2D eigenvalue weighted by Gasteiger charge is -2.03. The van der Waals surface area contributed by atoms with Crippen molar-refractivity contribution in [2.45, 2.75) is 25.3 Å². The minimum Gasteiger partial charge on any atom is -0.323 e. The van der Waals surface area contributed by atoms with Crippen LogP contribution in [0.3, 0.4) is 0 Å². The molecule has 0 saturated heterocycles. The van der Waals surface area contributed by atoms with Gasteiger partial charge in [-0.1, -0.05) is 0 Å². The molecular formula is C11H10N4. The van der Waals surface area contributed by atoms with Gasteiger partial charge in [0.25, 0.3) is 0 Å². The molecule has 0 bridgehead atoms. The highest BCUT2D eigenvalue weighted by Gasteiger charge is 2.28. The molecule has 0 spiro atoms.